The molecule has 0 atom stereocenters. The molecule has 1 aromatic rings. The Morgan fingerprint density at radius 2 is 1.95 bits per heavy atom. The van der Waals surface area contributed by atoms with E-state index in [1.54, 1.807) is 6.07 Å². The van der Waals surface area contributed by atoms with Gasteiger partial charge in [-0.25, -0.2) is 12.7 Å². The van der Waals surface area contributed by atoms with Crippen LogP contribution in [0.3, 0.4) is 0 Å². The van der Waals surface area contributed by atoms with Gasteiger partial charge in [0.05, 0.1) is 10.5 Å². The maximum atomic E-state index is 12.2. The van der Waals surface area contributed by atoms with Crippen LogP contribution in [0.15, 0.2) is 23.1 Å². The van der Waals surface area contributed by atoms with Crippen molar-refractivity contribution < 1.29 is 13.2 Å². The molecule has 0 fully saturated rings. The summed E-state index contributed by atoms with van der Waals surface area (Å²) < 4.78 is 26.1. The van der Waals surface area contributed by atoms with Crippen LogP contribution in [0.2, 0.25) is 0 Å². The lowest BCUT2D eigenvalue weighted by Crippen LogP contribution is -2.27. The van der Waals surface area contributed by atoms with Crippen LogP contribution in [-0.2, 0) is 10.0 Å². The highest BCUT2D eigenvalue weighted by atomic mass is 127. The summed E-state index contributed by atoms with van der Waals surface area (Å²) in [6, 6.07) is 4.60. The largest absolute Gasteiger partial charge is 0.352 e. The molecular weight excluding hydrogens is 403 g/mol. The van der Waals surface area contributed by atoms with Crippen molar-refractivity contribution >= 4 is 38.5 Å². The van der Waals surface area contributed by atoms with Crippen molar-refractivity contribution in [3.05, 3.63) is 27.3 Å². The van der Waals surface area contributed by atoms with Crippen LogP contribution in [0.1, 0.15) is 30.6 Å². The number of nitrogens with zero attached hydrogens (tertiary/aromatic N) is 1. The van der Waals surface area contributed by atoms with Crippen LogP contribution < -0.4 is 5.32 Å². The molecule has 0 saturated heterocycles. The molecule has 0 aromatic heterocycles. The van der Waals surface area contributed by atoms with Gasteiger partial charge < -0.3 is 5.32 Å². The standard InChI is InChI=1S/C14H21IN2O3S/c1-10(2)7-8-16-14(18)12-9-11(5-6-13(12)15)21(19,20)17(3)4/h5-6,9-10H,7-8H2,1-4H3,(H,16,18). The Labute approximate surface area is 140 Å². The molecular formula is C14H21IN2O3S. The molecule has 21 heavy (non-hydrogen) atoms. The Balaban J connectivity index is 3.00. The van der Waals surface area contributed by atoms with E-state index in [1.165, 1.54) is 26.2 Å². The van der Waals surface area contributed by atoms with Gasteiger partial charge in [-0.3, -0.25) is 4.79 Å². The SMILES string of the molecule is CC(C)CCNC(=O)c1cc(S(=O)(=O)N(C)C)ccc1I. The number of rotatable bonds is 6. The lowest BCUT2D eigenvalue weighted by atomic mass is 10.1. The van der Waals surface area contributed by atoms with E-state index in [9.17, 15) is 13.2 Å². The number of hydrogen-bond acceptors (Lipinski definition) is 3. The first-order chi connectivity index (χ1) is 9.66. The third-order valence-electron chi connectivity index (χ3n) is 2.97. The van der Waals surface area contributed by atoms with Crippen molar-refractivity contribution in [3.8, 4) is 0 Å². The predicted molar refractivity (Wildman–Crippen MR) is 91.8 cm³/mol. The topological polar surface area (TPSA) is 66.5 Å². The molecule has 1 N–H and O–H groups in total. The molecule has 0 aliphatic carbocycles. The summed E-state index contributed by atoms with van der Waals surface area (Å²) >= 11 is 2.03. The van der Waals surface area contributed by atoms with Gasteiger partial charge in [-0.15, -0.1) is 0 Å². The molecule has 5 nitrogen and oxygen atoms in total. The molecule has 0 unspecified atom stereocenters. The van der Waals surface area contributed by atoms with Crippen molar-refractivity contribution in [2.75, 3.05) is 20.6 Å². The van der Waals surface area contributed by atoms with Gasteiger partial charge >= 0.3 is 0 Å². The molecule has 0 bridgehead atoms. The van der Waals surface area contributed by atoms with Gasteiger partial charge in [0.25, 0.3) is 5.91 Å². The number of carbonyl (C=O) groups excluding carboxylic acids is 1. The molecule has 0 saturated carbocycles. The molecule has 0 spiro atoms. The van der Waals surface area contributed by atoms with Crippen LogP contribution >= 0.6 is 22.6 Å². The zero-order valence-corrected chi connectivity index (χ0v) is 15.7. The summed E-state index contributed by atoms with van der Waals surface area (Å²) in [5.41, 5.74) is 0.391. The molecule has 118 valence electrons. The van der Waals surface area contributed by atoms with E-state index < -0.39 is 10.0 Å². The van der Waals surface area contributed by atoms with E-state index in [0.29, 0.717) is 18.0 Å². The molecule has 1 rings (SSSR count). The van der Waals surface area contributed by atoms with E-state index >= 15 is 0 Å². The van der Waals surface area contributed by atoms with Gasteiger partial charge in [0.2, 0.25) is 10.0 Å². The third-order valence-corrected chi connectivity index (χ3v) is 5.72. The highest BCUT2D eigenvalue weighted by Crippen LogP contribution is 2.20. The van der Waals surface area contributed by atoms with Crippen molar-refractivity contribution in [2.45, 2.75) is 25.2 Å². The van der Waals surface area contributed by atoms with Gasteiger partial charge in [-0.05, 0) is 53.1 Å². The summed E-state index contributed by atoms with van der Waals surface area (Å²) in [6.07, 6.45) is 0.887. The number of carbonyl (C=O) groups is 1. The van der Waals surface area contributed by atoms with E-state index in [1.807, 2.05) is 22.6 Å². The second-order valence-corrected chi connectivity index (χ2v) is 8.68. The molecule has 7 heteroatoms. The number of benzene rings is 1. The fraction of sp³-hybridized carbons (Fsp3) is 0.500. The van der Waals surface area contributed by atoms with Gasteiger partial charge in [0.15, 0.2) is 0 Å². The number of nitrogens with one attached hydrogen (secondary N) is 1. The van der Waals surface area contributed by atoms with Crippen molar-refractivity contribution in [3.63, 3.8) is 0 Å². The van der Waals surface area contributed by atoms with Crippen LogP contribution in [0.25, 0.3) is 0 Å². The Bertz CT molecular complexity index is 613. The van der Waals surface area contributed by atoms with E-state index in [0.717, 1.165) is 14.3 Å². The lowest BCUT2D eigenvalue weighted by Gasteiger charge is -2.13. The smallest absolute Gasteiger partial charge is 0.252 e. The quantitative estimate of drug-likeness (QED) is 0.713. The highest BCUT2D eigenvalue weighted by Gasteiger charge is 2.20. The third kappa shape index (κ3) is 4.93. The Kier molecular flexibility index (Phi) is 6.61. The molecule has 0 radical (unpaired) electrons. The van der Waals surface area contributed by atoms with Crippen molar-refractivity contribution in [1.82, 2.24) is 9.62 Å². The minimum absolute atomic E-state index is 0.127. The number of amides is 1. The van der Waals surface area contributed by atoms with Gasteiger partial charge in [0.1, 0.15) is 0 Å². The number of halogens is 1. The second-order valence-electron chi connectivity index (χ2n) is 5.37. The average molecular weight is 424 g/mol. The summed E-state index contributed by atoms with van der Waals surface area (Å²) in [6.45, 7) is 4.75. The zero-order valence-electron chi connectivity index (χ0n) is 12.7. The fourth-order valence-corrected chi connectivity index (χ4v) is 3.13. The van der Waals surface area contributed by atoms with Gasteiger partial charge in [-0.2, -0.15) is 0 Å². The average Bonchev–Trinajstić information content (AvgIpc) is 2.38. The Morgan fingerprint density at radius 1 is 1.33 bits per heavy atom. The van der Waals surface area contributed by atoms with Crippen LogP contribution in [-0.4, -0.2) is 39.3 Å². The monoisotopic (exact) mass is 424 g/mol. The summed E-state index contributed by atoms with van der Waals surface area (Å²) in [5, 5.41) is 2.83. The van der Waals surface area contributed by atoms with E-state index in [-0.39, 0.29) is 10.8 Å². The summed E-state index contributed by atoms with van der Waals surface area (Å²) in [5.74, 6) is 0.265. The zero-order chi connectivity index (χ0) is 16.2. The summed E-state index contributed by atoms with van der Waals surface area (Å²) in [4.78, 5) is 12.3. The van der Waals surface area contributed by atoms with Gasteiger partial charge in [-0.1, -0.05) is 13.8 Å². The minimum atomic E-state index is -3.53. The summed E-state index contributed by atoms with van der Waals surface area (Å²) in [7, 11) is -0.598. The molecule has 1 aromatic carbocycles. The Hall–Kier alpha value is -0.670. The van der Waals surface area contributed by atoms with Crippen LogP contribution in [0, 0.1) is 9.49 Å². The number of hydrogen-bond donors (Lipinski definition) is 1. The maximum Gasteiger partial charge on any atom is 0.252 e. The molecule has 1 amide bonds. The highest BCUT2D eigenvalue weighted by molar-refractivity contribution is 14.1. The Morgan fingerprint density at radius 3 is 2.48 bits per heavy atom. The van der Waals surface area contributed by atoms with Crippen molar-refractivity contribution in [1.29, 1.82) is 0 Å². The second kappa shape index (κ2) is 7.55. The maximum absolute atomic E-state index is 12.2. The van der Waals surface area contributed by atoms with E-state index in [4.69, 9.17) is 0 Å². The van der Waals surface area contributed by atoms with Crippen LogP contribution in [0.4, 0.5) is 0 Å². The first-order valence-electron chi connectivity index (χ1n) is 6.66. The number of sulfonamides is 1. The first kappa shape index (κ1) is 18.4. The lowest BCUT2D eigenvalue weighted by molar-refractivity contribution is 0.0951. The molecule has 0 aliphatic rings. The predicted octanol–water partition coefficient (Wildman–Crippen LogP) is 2.32. The fourth-order valence-electron chi connectivity index (χ4n) is 1.62. The molecule has 0 heterocycles. The normalized spacial score (nSPS) is 12.0. The first-order valence-corrected chi connectivity index (χ1v) is 9.18. The van der Waals surface area contributed by atoms with Gasteiger partial charge in [0, 0.05) is 24.2 Å². The minimum Gasteiger partial charge on any atom is -0.352 e. The molecule has 0 aliphatic heterocycles. The van der Waals surface area contributed by atoms with Crippen molar-refractivity contribution in [2.24, 2.45) is 5.92 Å². The van der Waals surface area contributed by atoms with E-state index in [2.05, 4.69) is 19.2 Å². The van der Waals surface area contributed by atoms with Crippen LogP contribution in [0.5, 0.6) is 0 Å².